The van der Waals surface area contributed by atoms with Crippen LogP contribution in [0.2, 0.25) is 0 Å². The number of imide groups is 1. The van der Waals surface area contributed by atoms with Crippen LogP contribution in [0, 0.1) is 0 Å². The van der Waals surface area contributed by atoms with E-state index in [1.807, 2.05) is 0 Å². The second-order valence-electron chi connectivity index (χ2n) is 4.98. The number of carboxylic acid groups (broad SMARTS) is 1. The monoisotopic (exact) mass is 349 g/mol. The van der Waals surface area contributed by atoms with Crippen LogP contribution in [0.5, 0.6) is 0 Å². The summed E-state index contributed by atoms with van der Waals surface area (Å²) in [5.41, 5.74) is 0.470. The number of thioether (sulfide) groups is 1. The summed E-state index contributed by atoms with van der Waals surface area (Å²) in [6.07, 6.45) is 0.294. The summed E-state index contributed by atoms with van der Waals surface area (Å²) in [6.45, 7) is 1.38. The van der Waals surface area contributed by atoms with E-state index < -0.39 is 29.9 Å². The Morgan fingerprint density at radius 1 is 1.21 bits per heavy atom. The van der Waals surface area contributed by atoms with Crippen molar-refractivity contribution in [3.8, 4) is 0 Å². The van der Waals surface area contributed by atoms with Crippen LogP contribution in [0.4, 0.5) is 4.79 Å². The van der Waals surface area contributed by atoms with Crippen LogP contribution in [0.15, 0.2) is 29.3 Å². The molecule has 24 heavy (non-hydrogen) atoms. The molecule has 1 aromatic rings. The predicted molar refractivity (Wildman–Crippen MR) is 88.1 cm³/mol. The van der Waals surface area contributed by atoms with Crippen molar-refractivity contribution in [2.75, 3.05) is 13.3 Å². The molecule has 1 heterocycles. The normalized spacial score (nSPS) is 15.3. The molecule has 1 aromatic carbocycles. The molecule has 126 valence electrons. The Labute approximate surface area is 142 Å². The molecule has 1 aliphatic heterocycles. The molecule has 0 saturated carbocycles. The van der Waals surface area contributed by atoms with Crippen molar-refractivity contribution < 1.29 is 24.3 Å². The SMILES string of the molecule is CSC(=NC(=O)C(C)N1C(=O)c2ccccc2C1=O)N(C)C(=O)O. The van der Waals surface area contributed by atoms with E-state index in [9.17, 15) is 19.2 Å². The Morgan fingerprint density at radius 2 is 1.71 bits per heavy atom. The molecule has 4 amide bonds. The van der Waals surface area contributed by atoms with Gasteiger partial charge in [-0.3, -0.25) is 24.2 Å². The lowest BCUT2D eigenvalue weighted by atomic mass is 10.1. The van der Waals surface area contributed by atoms with Crippen LogP contribution in [-0.4, -0.2) is 63.2 Å². The number of amidine groups is 1. The van der Waals surface area contributed by atoms with E-state index in [2.05, 4.69) is 4.99 Å². The third kappa shape index (κ3) is 3.02. The number of aliphatic imine (C=N–C) groups is 1. The highest BCUT2D eigenvalue weighted by atomic mass is 32.2. The van der Waals surface area contributed by atoms with Gasteiger partial charge in [-0.1, -0.05) is 23.9 Å². The second kappa shape index (κ2) is 6.83. The van der Waals surface area contributed by atoms with Crippen molar-refractivity contribution in [2.24, 2.45) is 4.99 Å². The molecule has 8 nitrogen and oxygen atoms in total. The van der Waals surface area contributed by atoms with Crippen molar-refractivity contribution in [3.63, 3.8) is 0 Å². The number of carbonyl (C=O) groups excluding carboxylic acids is 3. The number of hydrogen-bond acceptors (Lipinski definition) is 5. The van der Waals surface area contributed by atoms with E-state index in [-0.39, 0.29) is 16.3 Å². The van der Waals surface area contributed by atoms with E-state index in [0.717, 1.165) is 21.6 Å². The molecule has 1 N–H and O–H groups in total. The Bertz CT molecular complexity index is 726. The summed E-state index contributed by atoms with van der Waals surface area (Å²) in [6, 6.07) is 5.16. The highest BCUT2D eigenvalue weighted by Gasteiger charge is 2.40. The fraction of sp³-hybridized carbons (Fsp3) is 0.267. The minimum Gasteiger partial charge on any atom is -0.465 e. The quantitative estimate of drug-likeness (QED) is 0.493. The van der Waals surface area contributed by atoms with Gasteiger partial charge in [-0.15, -0.1) is 0 Å². The molecular formula is C15H15N3O5S. The molecule has 0 fully saturated rings. The van der Waals surface area contributed by atoms with Crippen LogP contribution in [0.3, 0.4) is 0 Å². The van der Waals surface area contributed by atoms with Gasteiger partial charge < -0.3 is 5.11 Å². The number of carbonyl (C=O) groups is 4. The zero-order valence-electron chi connectivity index (χ0n) is 13.2. The molecule has 0 bridgehead atoms. The average Bonchev–Trinajstić information content (AvgIpc) is 2.82. The number of nitrogens with zero attached hydrogens (tertiary/aromatic N) is 3. The largest absolute Gasteiger partial charge is 0.465 e. The lowest BCUT2D eigenvalue weighted by molar-refractivity contribution is -0.121. The highest BCUT2D eigenvalue weighted by Crippen LogP contribution is 2.25. The van der Waals surface area contributed by atoms with Crippen LogP contribution in [-0.2, 0) is 4.79 Å². The number of benzene rings is 1. The molecule has 1 atom stereocenters. The van der Waals surface area contributed by atoms with E-state index in [1.54, 1.807) is 18.4 Å². The van der Waals surface area contributed by atoms with E-state index in [1.165, 1.54) is 26.1 Å². The van der Waals surface area contributed by atoms with Crippen molar-refractivity contribution in [3.05, 3.63) is 35.4 Å². The molecule has 0 aliphatic carbocycles. The molecule has 1 unspecified atom stereocenters. The Morgan fingerprint density at radius 3 is 2.12 bits per heavy atom. The molecule has 2 rings (SSSR count). The first-order valence-corrected chi connectivity index (χ1v) is 8.12. The summed E-state index contributed by atoms with van der Waals surface area (Å²) in [4.78, 5) is 53.3. The molecule has 0 radical (unpaired) electrons. The second-order valence-corrected chi connectivity index (χ2v) is 5.75. The Kier molecular flexibility index (Phi) is 5.03. The zero-order valence-corrected chi connectivity index (χ0v) is 14.0. The number of rotatable bonds is 2. The molecule has 0 spiro atoms. The van der Waals surface area contributed by atoms with Gasteiger partial charge in [0.1, 0.15) is 6.04 Å². The maximum Gasteiger partial charge on any atom is 0.413 e. The first-order chi connectivity index (χ1) is 11.3. The number of fused-ring (bicyclic) bond motifs is 1. The van der Waals surface area contributed by atoms with Gasteiger partial charge in [0.05, 0.1) is 11.1 Å². The highest BCUT2D eigenvalue weighted by molar-refractivity contribution is 8.13. The van der Waals surface area contributed by atoms with Crippen LogP contribution in [0.1, 0.15) is 27.6 Å². The fourth-order valence-electron chi connectivity index (χ4n) is 2.20. The first-order valence-electron chi connectivity index (χ1n) is 6.89. The first kappa shape index (κ1) is 17.7. The smallest absolute Gasteiger partial charge is 0.413 e. The molecule has 1 aliphatic rings. The third-order valence-electron chi connectivity index (χ3n) is 3.53. The summed E-state index contributed by atoms with van der Waals surface area (Å²) < 4.78 is 0. The van der Waals surface area contributed by atoms with Gasteiger partial charge in [0, 0.05) is 7.05 Å². The van der Waals surface area contributed by atoms with Gasteiger partial charge in [0.25, 0.3) is 17.7 Å². The topological polar surface area (TPSA) is 107 Å². The predicted octanol–water partition coefficient (Wildman–Crippen LogP) is 1.53. The zero-order chi connectivity index (χ0) is 18.0. The summed E-state index contributed by atoms with van der Waals surface area (Å²) in [7, 11) is 1.25. The third-order valence-corrected chi connectivity index (χ3v) is 4.26. The summed E-state index contributed by atoms with van der Waals surface area (Å²) in [5.74, 6) is -1.91. The molecular weight excluding hydrogens is 334 g/mol. The number of hydrogen-bond donors (Lipinski definition) is 1. The van der Waals surface area contributed by atoms with Crippen molar-refractivity contribution in [1.29, 1.82) is 0 Å². The Hall–Kier alpha value is -2.68. The maximum atomic E-state index is 12.3. The van der Waals surface area contributed by atoms with Crippen molar-refractivity contribution in [1.82, 2.24) is 9.80 Å². The van der Waals surface area contributed by atoms with Gasteiger partial charge in [-0.05, 0) is 25.3 Å². The van der Waals surface area contributed by atoms with Gasteiger partial charge in [0.15, 0.2) is 5.17 Å². The number of amides is 4. The minimum absolute atomic E-state index is 0.0454. The van der Waals surface area contributed by atoms with Crippen LogP contribution < -0.4 is 0 Å². The summed E-state index contributed by atoms with van der Waals surface area (Å²) >= 11 is 0.969. The Balaban J connectivity index is 2.28. The van der Waals surface area contributed by atoms with Crippen LogP contribution >= 0.6 is 11.8 Å². The van der Waals surface area contributed by atoms with Crippen molar-refractivity contribution >= 4 is 40.7 Å². The van der Waals surface area contributed by atoms with E-state index >= 15 is 0 Å². The maximum absolute atomic E-state index is 12.3. The minimum atomic E-state index is -1.27. The molecule has 0 aromatic heterocycles. The van der Waals surface area contributed by atoms with E-state index in [4.69, 9.17) is 5.11 Å². The fourth-order valence-corrected chi connectivity index (χ4v) is 2.73. The lowest BCUT2D eigenvalue weighted by Gasteiger charge is -2.20. The molecule has 0 saturated heterocycles. The van der Waals surface area contributed by atoms with Gasteiger partial charge in [-0.2, -0.15) is 4.99 Å². The van der Waals surface area contributed by atoms with Gasteiger partial charge in [0.2, 0.25) is 0 Å². The van der Waals surface area contributed by atoms with Gasteiger partial charge in [-0.25, -0.2) is 4.79 Å². The molecule has 9 heteroatoms. The van der Waals surface area contributed by atoms with E-state index in [0.29, 0.717) is 0 Å². The van der Waals surface area contributed by atoms with Crippen molar-refractivity contribution in [2.45, 2.75) is 13.0 Å². The van der Waals surface area contributed by atoms with Gasteiger partial charge >= 0.3 is 6.09 Å². The standard InChI is InChI=1S/C15H15N3O5S/c1-8(11(19)16-14(24-3)17(2)15(22)23)18-12(20)9-6-4-5-7-10(9)13(18)21/h4-8H,1-3H3,(H,22,23). The lowest BCUT2D eigenvalue weighted by Crippen LogP contribution is -2.43. The average molecular weight is 349 g/mol. The summed E-state index contributed by atoms with van der Waals surface area (Å²) in [5, 5.41) is 8.91. The van der Waals surface area contributed by atoms with Crippen LogP contribution in [0.25, 0.3) is 0 Å².